The highest BCUT2D eigenvalue weighted by atomic mass is 16.7. The molecule has 1 saturated heterocycles. The zero-order chi connectivity index (χ0) is 33.1. The summed E-state index contributed by atoms with van der Waals surface area (Å²) in [6.07, 6.45) is -6.98. The molecule has 0 saturated carbocycles. The molecule has 2 aliphatic rings. The molecule has 6 N–H and O–H groups in total. The molecule has 6 atom stereocenters. The van der Waals surface area contributed by atoms with E-state index in [1.54, 1.807) is 20.0 Å². The Morgan fingerprint density at radius 3 is 2.40 bits per heavy atom. The van der Waals surface area contributed by atoms with E-state index in [0.717, 1.165) is 17.1 Å². The highest BCUT2D eigenvalue weighted by molar-refractivity contribution is 6.13. The van der Waals surface area contributed by atoms with Crippen LogP contribution in [0.3, 0.4) is 0 Å². The molecule has 2 aliphatic heterocycles. The Morgan fingerprint density at radius 1 is 1.02 bits per heavy atom. The third kappa shape index (κ3) is 9.93. The summed E-state index contributed by atoms with van der Waals surface area (Å²) in [7, 11) is 1.58. The number of esters is 1. The summed E-state index contributed by atoms with van der Waals surface area (Å²) in [4.78, 5) is 59.6. The van der Waals surface area contributed by atoms with Crippen LogP contribution in [0.4, 0.5) is 0 Å². The summed E-state index contributed by atoms with van der Waals surface area (Å²) in [6, 6.07) is 3.82. The first kappa shape index (κ1) is 35.4. The van der Waals surface area contributed by atoms with Crippen LogP contribution >= 0.6 is 0 Å². The third-order valence-electron chi connectivity index (χ3n) is 6.78. The molecule has 2 heterocycles. The molecule has 3 amide bonds. The molecular formula is C28H37N3O14. The van der Waals surface area contributed by atoms with Crippen molar-refractivity contribution in [3.63, 3.8) is 0 Å². The van der Waals surface area contributed by atoms with Crippen molar-refractivity contribution in [2.45, 2.75) is 56.7 Å². The second kappa shape index (κ2) is 16.8. The van der Waals surface area contributed by atoms with Crippen LogP contribution in [0.1, 0.15) is 18.9 Å². The molecule has 3 rings (SSSR count). The van der Waals surface area contributed by atoms with Crippen molar-refractivity contribution >= 4 is 29.7 Å². The largest absolute Gasteiger partial charge is 0.491 e. The lowest BCUT2D eigenvalue weighted by atomic mass is 9.99. The fraction of sp³-hybridized carbons (Fsp3) is 0.536. The number of benzene rings is 1. The second-order valence-corrected chi connectivity index (χ2v) is 9.96. The normalized spacial score (nSPS) is 23.5. The maximum atomic E-state index is 12.2. The van der Waals surface area contributed by atoms with E-state index in [0.29, 0.717) is 5.56 Å². The fourth-order valence-corrected chi connectivity index (χ4v) is 4.06. The van der Waals surface area contributed by atoms with Gasteiger partial charge in [0.25, 0.3) is 11.8 Å². The summed E-state index contributed by atoms with van der Waals surface area (Å²) in [5, 5.41) is 45.1. The number of aliphatic hydroxyl groups is 3. The van der Waals surface area contributed by atoms with Crippen molar-refractivity contribution in [2.24, 2.45) is 0 Å². The SMILES string of the molecule is CNC(C)C(=O)OCc1ccc(OCCOCCNC(=O)CCN2C(=O)C=CC2=O)cc1O[C@@H]1O[C@H](C(=O)O)[C@@H](O)[C@H](O)[C@H]1O. The van der Waals surface area contributed by atoms with Crippen LogP contribution < -0.4 is 20.1 Å². The molecule has 17 heteroatoms. The number of nitrogens with one attached hydrogen (secondary N) is 2. The van der Waals surface area contributed by atoms with E-state index in [1.807, 2.05) is 0 Å². The lowest BCUT2D eigenvalue weighted by molar-refractivity contribution is -0.271. The number of hydrogen-bond acceptors (Lipinski definition) is 14. The van der Waals surface area contributed by atoms with Crippen LogP contribution in [0.5, 0.6) is 11.5 Å². The minimum Gasteiger partial charge on any atom is -0.491 e. The average Bonchev–Trinajstić information content (AvgIpc) is 3.34. The number of carboxylic acid groups (broad SMARTS) is 1. The maximum Gasteiger partial charge on any atom is 0.335 e. The van der Waals surface area contributed by atoms with E-state index in [4.69, 9.17) is 23.7 Å². The minimum atomic E-state index is -1.91. The number of ether oxygens (including phenoxy) is 5. The number of carboxylic acids is 1. The maximum absolute atomic E-state index is 12.2. The number of rotatable bonds is 17. The van der Waals surface area contributed by atoms with Crippen LogP contribution in [-0.2, 0) is 44.8 Å². The number of amides is 3. The first-order chi connectivity index (χ1) is 21.4. The zero-order valence-corrected chi connectivity index (χ0v) is 24.6. The monoisotopic (exact) mass is 639 g/mol. The quantitative estimate of drug-likeness (QED) is 0.0584. The number of carbonyl (C=O) groups excluding carboxylic acids is 4. The number of nitrogens with zero attached hydrogens (tertiary/aromatic N) is 1. The van der Waals surface area contributed by atoms with E-state index in [9.17, 15) is 44.4 Å². The van der Waals surface area contributed by atoms with Gasteiger partial charge in [-0.05, 0) is 26.1 Å². The summed E-state index contributed by atoms with van der Waals surface area (Å²) in [5.74, 6) is -3.20. The molecule has 1 aromatic carbocycles. The highest BCUT2D eigenvalue weighted by Gasteiger charge is 2.48. The molecule has 0 aliphatic carbocycles. The summed E-state index contributed by atoms with van der Waals surface area (Å²) in [5.41, 5.74) is 0.295. The predicted octanol–water partition coefficient (Wildman–Crippen LogP) is -2.56. The Hall–Kier alpha value is -4.13. The van der Waals surface area contributed by atoms with Gasteiger partial charge < -0.3 is 54.7 Å². The number of aliphatic hydroxyl groups excluding tert-OH is 3. The minimum absolute atomic E-state index is 0.0223. The van der Waals surface area contributed by atoms with Gasteiger partial charge in [-0.1, -0.05) is 0 Å². The van der Waals surface area contributed by atoms with Crippen LogP contribution in [0.25, 0.3) is 0 Å². The smallest absolute Gasteiger partial charge is 0.335 e. The van der Waals surface area contributed by atoms with Gasteiger partial charge in [-0.25, -0.2) is 4.79 Å². The molecule has 248 valence electrons. The molecule has 0 radical (unpaired) electrons. The van der Waals surface area contributed by atoms with Gasteiger partial charge in [-0.2, -0.15) is 0 Å². The van der Waals surface area contributed by atoms with Gasteiger partial charge in [0.15, 0.2) is 6.10 Å². The predicted molar refractivity (Wildman–Crippen MR) is 150 cm³/mol. The lowest BCUT2D eigenvalue weighted by Crippen LogP contribution is -2.61. The number of likely N-dealkylation sites (N-methyl/N-ethyl adjacent to an activating group) is 1. The van der Waals surface area contributed by atoms with E-state index >= 15 is 0 Å². The molecule has 1 unspecified atom stereocenters. The zero-order valence-electron chi connectivity index (χ0n) is 24.6. The van der Waals surface area contributed by atoms with E-state index < -0.39 is 60.5 Å². The van der Waals surface area contributed by atoms with Gasteiger partial charge in [0.1, 0.15) is 49.1 Å². The Labute approximate surface area is 257 Å². The summed E-state index contributed by atoms with van der Waals surface area (Å²) >= 11 is 0. The van der Waals surface area contributed by atoms with E-state index in [2.05, 4.69) is 10.6 Å². The van der Waals surface area contributed by atoms with E-state index in [1.165, 1.54) is 12.1 Å². The number of aliphatic carboxylic acids is 1. The number of hydrogen-bond donors (Lipinski definition) is 6. The van der Waals surface area contributed by atoms with Gasteiger partial charge in [0.2, 0.25) is 12.2 Å². The van der Waals surface area contributed by atoms with Crippen LogP contribution in [0.2, 0.25) is 0 Å². The molecule has 45 heavy (non-hydrogen) atoms. The van der Waals surface area contributed by atoms with Crippen molar-refractivity contribution in [3.05, 3.63) is 35.9 Å². The lowest BCUT2D eigenvalue weighted by Gasteiger charge is -2.38. The van der Waals surface area contributed by atoms with Gasteiger partial charge in [-0.15, -0.1) is 0 Å². The van der Waals surface area contributed by atoms with Crippen LogP contribution in [-0.4, -0.2) is 132 Å². The third-order valence-corrected chi connectivity index (χ3v) is 6.78. The van der Waals surface area contributed by atoms with Crippen molar-refractivity contribution < 1.29 is 68.1 Å². The molecule has 0 aromatic heterocycles. The molecule has 1 fully saturated rings. The van der Waals surface area contributed by atoms with Crippen LogP contribution in [0.15, 0.2) is 30.4 Å². The van der Waals surface area contributed by atoms with Gasteiger partial charge in [-0.3, -0.25) is 24.1 Å². The van der Waals surface area contributed by atoms with Crippen molar-refractivity contribution in [1.29, 1.82) is 0 Å². The Bertz CT molecular complexity index is 1240. The van der Waals surface area contributed by atoms with Gasteiger partial charge in [0, 0.05) is 43.3 Å². The molecule has 0 spiro atoms. The summed E-state index contributed by atoms with van der Waals surface area (Å²) in [6.45, 7) is 1.80. The Kier molecular flexibility index (Phi) is 13.2. The van der Waals surface area contributed by atoms with Crippen molar-refractivity contribution in [3.8, 4) is 11.5 Å². The van der Waals surface area contributed by atoms with Crippen molar-refractivity contribution in [2.75, 3.05) is 40.0 Å². The van der Waals surface area contributed by atoms with Crippen LogP contribution in [0, 0.1) is 0 Å². The first-order valence-electron chi connectivity index (χ1n) is 14.0. The standard InChI is InChI=1S/C28H37N3O14/c1-15(29-2)27(40)43-14-16-3-4-17(13-18(16)44-28-24(37)22(35)23(36)25(45-28)26(38)39)42-12-11-41-10-8-30-19(32)7-9-31-20(33)5-6-21(31)34/h3-6,13,15,22-25,28-29,35-37H,7-12,14H2,1-2H3,(H,30,32)(H,38,39)/t15?,22-,23-,24+,25-,28+/m0/s1. The molecule has 1 aromatic rings. The van der Waals surface area contributed by atoms with Crippen molar-refractivity contribution in [1.82, 2.24) is 15.5 Å². The van der Waals surface area contributed by atoms with Gasteiger partial charge >= 0.3 is 11.9 Å². The Morgan fingerprint density at radius 2 is 1.73 bits per heavy atom. The van der Waals surface area contributed by atoms with E-state index in [-0.39, 0.29) is 63.3 Å². The second-order valence-electron chi connectivity index (χ2n) is 9.96. The Balaban J connectivity index is 1.52. The highest BCUT2D eigenvalue weighted by Crippen LogP contribution is 2.30. The van der Waals surface area contributed by atoms with Gasteiger partial charge in [0.05, 0.1) is 13.2 Å². The number of carbonyl (C=O) groups is 5. The molecular weight excluding hydrogens is 602 g/mol. The fourth-order valence-electron chi connectivity index (χ4n) is 4.06. The number of imide groups is 1. The molecule has 17 nitrogen and oxygen atoms in total. The average molecular weight is 640 g/mol. The molecule has 0 bridgehead atoms. The summed E-state index contributed by atoms with van der Waals surface area (Å²) < 4.78 is 27.3. The first-order valence-corrected chi connectivity index (χ1v) is 14.0. The topological polar surface area (TPSA) is 240 Å².